The molecule has 2 aromatic heterocycles. The molecular formula is C22H31N7O2. The van der Waals surface area contributed by atoms with Crippen molar-refractivity contribution in [3.05, 3.63) is 28.9 Å². The predicted octanol–water partition coefficient (Wildman–Crippen LogP) is 1.37. The first-order valence-corrected chi connectivity index (χ1v) is 11.4. The molecule has 9 heteroatoms. The van der Waals surface area contributed by atoms with Crippen molar-refractivity contribution in [2.45, 2.75) is 32.6 Å². The summed E-state index contributed by atoms with van der Waals surface area (Å²) in [7, 11) is 2.16. The Kier molecular flexibility index (Phi) is 5.52. The molecule has 0 saturated carbocycles. The Morgan fingerprint density at radius 2 is 1.52 bits per heavy atom. The fourth-order valence-corrected chi connectivity index (χ4v) is 4.74. The van der Waals surface area contributed by atoms with Gasteiger partial charge in [0.1, 0.15) is 23.2 Å². The smallest absolute Gasteiger partial charge is 0.276 e. The summed E-state index contributed by atoms with van der Waals surface area (Å²) in [5.41, 5.74) is 1.56. The Morgan fingerprint density at radius 3 is 2.19 bits per heavy atom. The van der Waals surface area contributed by atoms with Gasteiger partial charge in [0.25, 0.3) is 5.91 Å². The number of carbonyl (C=O) groups is 1. The molecule has 4 heterocycles. The van der Waals surface area contributed by atoms with E-state index in [1.165, 1.54) is 0 Å². The van der Waals surface area contributed by atoms with Gasteiger partial charge in [-0.15, -0.1) is 0 Å². The number of hydrogen-bond acceptors (Lipinski definition) is 8. The zero-order valence-corrected chi connectivity index (χ0v) is 18.5. The normalized spacial score (nSPS) is 20.1. The maximum absolute atomic E-state index is 13.1. The van der Waals surface area contributed by atoms with E-state index in [1.54, 1.807) is 0 Å². The van der Waals surface area contributed by atoms with Crippen molar-refractivity contribution in [3.8, 4) is 0 Å². The minimum Gasteiger partial charge on any atom is -0.360 e. The number of carbonyl (C=O) groups excluding carboxylic acids is 1. The van der Waals surface area contributed by atoms with E-state index >= 15 is 0 Å². The van der Waals surface area contributed by atoms with Crippen LogP contribution in [0.2, 0.25) is 0 Å². The summed E-state index contributed by atoms with van der Waals surface area (Å²) in [6.07, 6.45) is 4.01. The molecule has 3 aliphatic rings. The van der Waals surface area contributed by atoms with Gasteiger partial charge in [-0.25, -0.2) is 9.97 Å². The number of aryl methyl sites for hydroxylation is 2. The predicted molar refractivity (Wildman–Crippen MR) is 118 cm³/mol. The highest BCUT2D eigenvalue weighted by Gasteiger charge is 2.30. The summed E-state index contributed by atoms with van der Waals surface area (Å²) in [6.45, 7) is 8.84. The molecule has 0 aromatic carbocycles. The lowest BCUT2D eigenvalue weighted by Crippen LogP contribution is -2.49. The molecule has 1 aliphatic carbocycles. The number of likely N-dealkylation sites (N-methyl/N-ethyl adjacent to an activating group) is 1. The lowest BCUT2D eigenvalue weighted by Gasteiger charge is -2.36. The van der Waals surface area contributed by atoms with Crippen LogP contribution >= 0.6 is 0 Å². The van der Waals surface area contributed by atoms with Crippen LogP contribution in [0.4, 0.5) is 11.6 Å². The van der Waals surface area contributed by atoms with Crippen LogP contribution in [0.5, 0.6) is 0 Å². The number of aromatic nitrogens is 3. The van der Waals surface area contributed by atoms with Crippen LogP contribution in [-0.4, -0.2) is 90.2 Å². The molecule has 166 valence electrons. The van der Waals surface area contributed by atoms with Crippen LogP contribution in [0.1, 0.15) is 40.5 Å². The summed E-state index contributed by atoms with van der Waals surface area (Å²) in [5.74, 6) is 3.65. The zero-order chi connectivity index (χ0) is 21.4. The summed E-state index contributed by atoms with van der Waals surface area (Å²) in [5, 5.41) is 4.12. The molecule has 2 fully saturated rings. The van der Waals surface area contributed by atoms with Gasteiger partial charge in [0.05, 0.1) is 0 Å². The van der Waals surface area contributed by atoms with Crippen molar-refractivity contribution in [2.24, 2.45) is 0 Å². The van der Waals surface area contributed by atoms with Crippen LogP contribution in [-0.2, 0) is 12.8 Å². The number of anilines is 2. The maximum atomic E-state index is 13.1. The van der Waals surface area contributed by atoms with Crippen molar-refractivity contribution in [3.63, 3.8) is 0 Å². The van der Waals surface area contributed by atoms with Crippen LogP contribution in [0.25, 0.3) is 0 Å². The van der Waals surface area contributed by atoms with Crippen molar-refractivity contribution in [1.82, 2.24) is 24.9 Å². The number of rotatable bonds is 3. The molecule has 9 nitrogen and oxygen atoms in total. The van der Waals surface area contributed by atoms with Gasteiger partial charge in [-0.05, 0) is 33.2 Å². The molecule has 0 radical (unpaired) electrons. The molecule has 5 rings (SSSR count). The van der Waals surface area contributed by atoms with Crippen LogP contribution in [0.15, 0.2) is 10.6 Å². The van der Waals surface area contributed by atoms with E-state index < -0.39 is 0 Å². The highest BCUT2D eigenvalue weighted by Crippen LogP contribution is 2.26. The van der Waals surface area contributed by atoms with Gasteiger partial charge in [0.15, 0.2) is 5.69 Å². The topological polar surface area (TPSA) is 81.8 Å². The Hall–Kier alpha value is -2.68. The third-order valence-electron chi connectivity index (χ3n) is 6.68. The second kappa shape index (κ2) is 8.45. The Balaban J connectivity index is 1.25. The number of hydrogen-bond donors (Lipinski definition) is 0. The van der Waals surface area contributed by atoms with E-state index in [0.717, 1.165) is 93.7 Å². The third-order valence-corrected chi connectivity index (χ3v) is 6.68. The first-order valence-electron chi connectivity index (χ1n) is 11.4. The molecule has 0 spiro atoms. The first kappa shape index (κ1) is 20.2. The number of amides is 1. The number of piperazine rings is 2. The lowest BCUT2D eigenvalue weighted by molar-refractivity contribution is 0.0735. The second-order valence-corrected chi connectivity index (χ2v) is 8.84. The van der Waals surface area contributed by atoms with Gasteiger partial charge in [-0.2, -0.15) is 0 Å². The Labute approximate surface area is 183 Å². The molecule has 2 saturated heterocycles. The maximum Gasteiger partial charge on any atom is 0.276 e. The monoisotopic (exact) mass is 425 g/mol. The van der Waals surface area contributed by atoms with E-state index in [9.17, 15) is 4.79 Å². The van der Waals surface area contributed by atoms with Gasteiger partial charge in [-0.1, -0.05) is 5.16 Å². The van der Waals surface area contributed by atoms with E-state index in [0.29, 0.717) is 18.8 Å². The molecule has 2 aliphatic heterocycles. The van der Waals surface area contributed by atoms with Gasteiger partial charge in [0.2, 0.25) is 0 Å². The Bertz CT molecular complexity index is 943. The van der Waals surface area contributed by atoms with Crippen LogP contribution in [0, 0.1) is 6.92 Å². The Morgan fingerprint density at radius 1 is 0.903 bits per heavy atom. The van der Waals surface area contributed by atoms with Gasteiger partial charge >= 0.3 is 0 Å². The fraction of sp³-hybridized carbons (Fsp3) is 0.636. The van der Waals surface area contributed by atoms with E-state index in [2.05, 4.69) is 38.0 Å². The molecule has 2 aromatic rings. The summed E-state index contributed by atoms with van der Waals surface area (Å²) in [4.78, 5) is 31.3. The zero-order valence-electron chi connectivity index (χ0n) is 18.5. The molecule has 31 heavy (non-hydrogen) atoms. The first-order chi connectivity index (χ1) is 15.1. The molecular weight excluding hydrogens is 394 g/mol. The van der Waals surface area contributed by atoms with Gasteiger partial charge in [0, 0.05) is 70.4 Å². The number of nitrogens with zero attached hydrogens (tertiary/aromatic N) is 7. The van der Waals surface area contributed by atoms with Crippen molar-refractivity contribution in [2.75, 3.05) is 69.2 Å². The summed E-state index contributed by atoms with van der Waals surface area (Å²) < 4.78 is 5.45. The highest BCUT2D eigenvalue weighted by molar-refractivity contribution is 5.94. The minimum absolute atomic E-state index is 0.00328. The van der Waals surface area contributed by atoms with Crippen LogP contribution in [0.3, 0.4) is 0 Å². The van der Waals surface area contributed by atoms with E-state index in [-0.39, 0.29) is 5.91 Å². The quantitative estimate of drug-likeness (QED) is 0.729. The van der Waals surface area contributed by atoms with Crippen molar-refractivity contribution >= 4 is 17.5 Å². The molecule has 1 amide bonds. The lowest BCUT2D eigenvalue weighted by atomic mass is 9.96. The number of fused-ring (bicyclic) bond motifs is 1. The average molecular weight is 426 g/mol. The summed E-state index contributed by atoms with van der Waals surface area (Å²) >= 11 is 0. The average Bonchev–Trinajstić information content (AvgIpc) is 3.23. The van der Waals surface area contributed by atoms with E-state index in [4.69, 9.17) is 9.51 Å². The van der Waals surface area contributed by atoms with Gasteiger partial charge in [-0.3, -0.25) is 4.79 Å². The molecule has 0 atom stereocenters. The minimum atomic E-state index is 0.00328. The standard InChI is InChI=1S/C22H31N7O2/c1-16-23-19(27-9-7-26(2)8-10-27)15-20(24-16)28-11-13-29(14-12-28)22(30)21-17-5-3-4-6-18(17)31-25-21/h15H,3-14H2,1-2H3. The third kappa shape index (κ3) is 4.11. The molecule has 0 bridgehead atoms. The van der Waals surface area contributed by atoms with Gasteiger partial charge < -0.3 is 24.1 Å². The highest BCUT2D eigenvalue weighted by atomic mass is 16.5. The molecule has 0 N–H and O–H groups in total. The van der Waals surface area contributed by atoms with Crippen LogP contribution < -0.4 is 9.80 Å². The van der Waals surface area contributed by atoms with Crippen molar-refractivity contribution in [1.29, 1.82) is 0 Å². The van der Waals surface area contributed by atoms with E-state index in [1.807, 2.05) is 11.8 Å². The summed E-state index contributed by atoms with van der Waals surface area (Å²) in [6, 6.07) is 2.10. The fourth-order valence-electron chi connectivity index (χ4n) is 4.74. The SMILES string of the molecule is Cc1nc(N2CCN(C)CC2)cc(N2CCN(C(=O)c3noc4c3CCCC4)CC2)n1. The second-order valence-electron chi connectivity index (χ2n) is 8.84. The van der Waals surface area contributed by atoms with Crippen molar-refractivity contribution < 1.29 is 9.32 Å². The largest absolute Gasteiger partial charge is 0.360 e. The molecule has 0 unspecified atom stereocenters.